The Morgan fingerprint density at radius 2 is 1.81 bits per heavy atom. The van der Waals surface area contributed by atoms with Crippen molar-refractivity contribution in [1.82, 2.24) is 35.0 Å². The van der Waals surface area contributed by atoms with Crippen LogP contribution >= 0.6 is 0 Å². The van der Waals surface area contributed by atoms with Crippen molar-refractivity contribution in [3.8, 4) is 33.8 Å². The quantitative estimate of drug-likeness (QED) is 0.304. The molecule has 0 amide bonds. The summed E-state index contributed by atoms with van der Waals surface area (Å²) in [6.07, 6.45) is 4.95. The Balaban J connectivity index is 1.45. The third-order valence-electron chi connectivity index (χ3n) is 6.40. The highest BCUT2D eigenvalue weighted by Gasteiger charge is 2.17. The molecule has 0 aliphatic carbocycles. The lowest BCUT2D eigenvalue weighted by atomic mass is 9.97. The number of aromatic nitrogens is 6. The third kappa shape index (κ3) is 4.35. The number of H-pyrrole nitrogens is 2. The van der Waals surface area contributed by atoms with Crippen molar-refractivity contribution in [3.05, 3.63) is 84.7 Å². The van der Waals surface area contributed by atoms with Crippen molar-refractivity contribution < 1.29 is 4.39 Å². The van der Waals surface area contributed by atoms with Gasteiger partial charge in [0, 0.05) is 41.4 Å². The minimum absolute atomic E-state index is 0.295. The number of nitrogens with zero attached hydrogens (tertiary/aromatic N) is 5. The summed E-state index contributed by atoms with van der Waals surface area (Å²) in [6, 6.07) is 16.6. The molecule has 2 aromatic carbocycles. The van der Waals surface area contributed by atoms with Crippen molar-refractivity contribution in [2.24, 2.45) is 5.73 Å². The zero-order chi connectivity index (χ0) is 25.5. The van der Waals surface area contributed by atoms with Crippen molar-refractivity contribution in [1.29, 1.82) is 0 Å². The molecule has 1 atom stereocenters. The summed E-state index contributed by atoms with van der Waals surface area (Å²) in [5.74, 6) is -0.311. The number of aromatic amines is 2. The zero-order valence-electron chi connectivity index (χ0n) is 20.4. The van der Waals surface area contributed by atoms with Gasteiger partial charge in [-0.05, 0) is 73.3 Å². The van der Waals surface area contributed by atoms with Gasteiger partial charge in [-0.2, -0.15) is 5.10 Å². The minimum atomic E-state index is -0.311. The van der Waals surface area contributed by atoms with E-state index >= 15 is 0 Å². The Hall–Kier alpha value is -4.47. The molecular formula is C28H25FN8. The molecule has 0 saturated heterocycles. The second kappa shape index (κ2) is 9.20. The number of nitrogens with two attached hydrogens (primary N) is 1. The molecule has 0 aliphatic heterocycles. The standard InChI is InChI=1S/C28H25FN8/c1-37(2)14-22(30)17-8-16(9-19(29)10-17)20-4-3-5-24-21(20)11-26(33-24)28-27-25(35-36-28)7-6-23(34-27)18-12-31-15-32-13-18/h3-13,15,22,33H,14,30H2,1-2H3,(H,35,36). The maximum Gasteiger partial charge on any atom is 0.135 e. The Bertz CT molecular complexity index is 1720. The van der Waals surface area contributed by atoms with E-state index < -0.39 is 0 Å². The van der Waals surface area contributed by atoms with Crippen LogP contribution in [0, 0.1) is 5.82 Å². The number of halogens is 1. The van der Waals surface area contributed by atoms with E-state index in [2.05, 4.69) is 25.1 Å². The fraction of sp³-hybridized carbons (Fsp3) is 0.143. The van der Waals surface area contributed by atoms with E-state index in [1.165, 1.54) is 12.4 Å². The maximum atomic E-state index is 14.7. The van der Waals surface area contributed by atoms with Gasteiger partial charge in [0.2, 0.25) is 0 Å². The van der Waals surface area contributed by atoms with Crippen molar-refractivity contribution in [2.75, 3.05) is 20.6 Å². The number of pyridine rings is 1. The molecule has 0 radical (unpaired) electrons. The molecular weight excluding hydrogens is 467 g/mol. The molecule has 0 saturated carbocycles. The number of hydrogen-bond donors (Lipinski definition) is 3. The number of rotatable bonds is 6. The highest BCUT2D eigenvalue weighted by atomic mass is 19.1. The van der Waals surface area contributed by atoms with E-state index in [1.807, 2.05) is 61.5 Å². The van der Waals surface area contributed by atoms with E-state index in [-0.39, 0.29) is 11.9 Å². The second-order valence-electron chi connectivity index (χ2n) is 9.38. The van der Waals surface area contributed by atoms with Gasteiger partial charge in [0.15, 0.2) is 0 Å². The summed E-state index contributed by atoms with van der Waals surface area (Å²) >= 11 is 0. The highest BCUT2D eigenvalue weighted by molar-refractivity contribution is 6.00. The van der Waals surface area contributed by atoms with E-state index in [0.29, 0.717) is 12.2 Å². The summed E-state index contributed by atoms with van der Waals surface area (Å²) in [4.78, 5) is 18.5. The summed E-state index contributed by atoms with van der Waals surface area (Å²) in [7, 11) is 3.90. The van der Waals surface area contributed by atoms with Crippen molar-refractivity contribution in [3.63, 3.8) is 0 Å². The first-order chi connectivity index (χ1) is 18.0. The lowest BCUT2D eigenvalue weighted by Gasteiger charge is -2.18. The van der Waals surface area contributed by atoms with Crippen molar-refractivity contribution >= 4 is 21.9 Å². The van der Waals surface area contributed by atoms with Gasteiger partial charge in [-0.1, -0.05) is 12.1 Å². The van der Waals surface area contributed by atoms with Gasteiger partial charge in [0.1, 0.15) is 23.4 Å². The molecule has 0 aliphatic rings. The minimum Gasteiger partial charge on any atom is -0.353 e. The van der Waals surface area contributed by atoms with Crippen LogP contribution in [-0.4, -0.2) is 55.7 Å². The van der Waals surface area contributed by atoms with Crippen LogP contribution in [0.1, 0.15) is 11.6 Å². The average Bonchev–Trinajstić information content (AvgIpc) is 3.52. The summed E-state index contributed by atoms with van der Waals surface area (Å²) in [5.41, 5.74) is 14.4. The first kappa shape index (κ1) is 23.0. The van der Waals surface area contributed by atoms with Gasteiger partial charge in [-0.15, -0.1) is 0 Å². The second-order valence-corrected chi connectivity index (χ2v) is 9.38. The largest absolute Gasteiger partial charge is 0.353 e. The lowest BCUT2D eigenvalue weighted by molar-refractivity contribution is 0.376. The average molecular weight is 493 g/mol. The van der Waals surface area contributed by atoms with Crippen LogP contribution in [0.15, 0.2) is 73.3 Å². The van der Waals surface area contributed by atoms with E-state index in [4.69, 9.17) is 10.7 Å². The number of benzene rings is 2. The number of likely N-dealkylation sites (N-methyl/N-ethyl adjacent to an activating group) is 1. The molecule has 1 unspecified atom stereocenters. The van der Waals surface area contributed by atoms with E-state index in [1.54, 1.807) is 18.5 Å². The molecule has 37 heavy (non-hydrogen) atoms. The van der Waals surface area contributed by atoms with Gasteiger partial charge in [-0.25, -0.2) is 19.3 Å². The van der Waals surface area contributed by atoms with Crippen LogP contribution in [0.3, 0.4) is 0 Å². The molecule has 184 valence electrons. The van der Waals surface area contributed by atoms with Gasteiger partial charge in [0.25, 0.3) is 0 Å². The molecule has 0 spiro atoms. The summed E-state index contributed by atoms with van der Waals surface area (Å²) in [6.45, 7) is 0.623. The first-order valence-electron chi connectivity index (χ1n) is 11.9. The van der Waals surface area contributed by atoms with Crippen LogP contribution in [0.5, 0.6) is 0 Å². The molecule has 4 aromatic heterocycles. The first-order valence-corrected chi connectivity index (χ1v) is 11.9. The monoisotopic (exact) mass is 492 g/mol. The SMILES string of the molecule is CN(C)CC(N)c1cc(F)cc(-c2cccc3[nH]c(-c4n[nH]c5ccc(-c6cncnc6)nc45)cc23)c1. The number of nitrogens with one attached hydrogen (secondary N) is 2. The fourth-order valence-electron chi connectivity index (χ4n) is 4.69. The van der Waals surface area contributed by atoms with Crippen molar-refractivity contribution in [2.45, 2.75) is 6.04 Å². The highest BCUT2D eigenvalue weighted by Crippen LogP contribution is 2.35. The Labute approximate surface area is 212 Å². The van der Waals surface area contributed by atoms with Crippen LogP contribution < -0.4 is 5.73 Å². The Morgan fingerprint density at radius 3 is 2.62 bits per heavy atom. The number of hydrogen-bond acceptors (Lipinski definition) is 6. The molecule has 6 aromatic rings. The van der Waals surface area contributed by atoms with E-state index in [0.717, 1.165) is 55.6 Å². The number of fused-ring (bicyclic) bond motifs is 2. The predicted molar refractivity (Wildman–Crippen MR) is 143 cm³/mol. The molecule has 4 N–H and O–H groups in total. The Morgan fingerprint density at radius 1 is 0.973 bits per heavy atom. The normalized spacial score (nSPS) is 12.6. The summed E-state index contributed by atoms with van der Waals surface area (Å²) < 4.78 is 14.7. The van der Waals surface area contributed by atoms with Gasteiger partial charge in [0.05, 0.1) is 16.9 Å². The van der Waals surface area contributed by atoms with Gasteiger partial charge in [-0.3, -0.25) is 5.10 Å². The molecule has 0 bridgehead atoms. The smallest absolute Gasteiger partial charge is 0.135 e. The lowest BCUT2D eigenvalue weighted by Crippen LogP contribution is -2.26. The van der Waals surface area contributed by atoms with Gasteiger partial charge >= 0.3 is 0 Å². The topological polar surface area (TPSA) is 112 Å². The van der Waals surface area contributed by atoms with Crippen LogP contribution in [0.4, 0.5) is 4.39 Å². The molecule has 6 rings (SSSR count). The summed E-state index contributed by atoms with van der Waals surface area (Å²) in [5, 5.41) is 8.57. The molecule has 0 fully saturated rings. The fourth-order valence-corrected chi connectivity index (χ4v) is 4.69. The third-order valence-corrected chi connectivity index (χ3v) is 6.40. The molecule has 4 heterocycles. The van der Waals surface area contributed by atoms with Gasteiger partial charge < -0.3 is 15.6 Å². The molecule has 9 heteroatoms. The van der Waals surface area contributed by atoms with Crippen LogP contribution in [0.25, 0.3) is 55.7 Å². The Kier molecular flexibility index (Phi) is 5.71. The zero-order valence-corrected chi connectivity index (χ0v) is 20.4. The van der Waals surface area contributed by atoms with Crippen LogP contribution in [0.2, 0.25) is 0 Å². The maximum absolute atomic E-state index is 14.7. The predicted octanol–water partition coefficient (Wildman–Crippen LogP) is 4.93. The van der Waals surface area contributed by atoms with Crippen LogP contribution in [-0.2, 0) is 0 Å². The molecule has 8 nitrogen and oxygen atoms in total. The van der Waals surface area contributed by atoms with E-state index in [9.17, 15) is 4.39 Å².